The molecule has 0 aromatic heterocycles. The van der Waals surface area contributed by atoms with Gasteiger partial charge in [0.2, 0.25) is 5.91 Å². The van der Waals surface area contributed by atoms with Crippen LogP contribution in [0.4, 0.5) is 4.39 Å². The van der Waals surface area contributed by atoms with Gasteiger partial charge in [-0.25, -0.2) is 4.39 Å². The van der Waals surface area contributed by atoms with Gasteiger partial charge in [0.15, 0.2) is 0 Å². The molecule has 0 unspecified atom stereocenters. The average Bonchev–Trinajstić information content (AvgIpc) is 2.54. The van der Waals surface area contributed by atoms with Gasteiger partial charge in [0.25, 0.3) is 0 Å². The quantitative estimate of drug-likeness (QED) is 0.753. The van der Waals surface area contributed by atoms with Gasteiger partial charge in [-0.1, -0.05) is 35.3 Å². The summed E-state index contributed by atoms with van der Waals surface area (Å²) in [6.07, 6.45) is 0.834. The molecule has 1 amide bonds. The van der Waals surface area contributed by atoms with Crippen LogP contribution < -0.4 is 10.1 Å². The maximum Gasteiger partial charge on any atom is 0.220 e. The average molecular weight is 356 g/mol. The van der Waals surface area contributed by atoms with Crippen molar-refractivity contribution >= 4 is 29.1 Å². The van der Waals surface area contributed by atoms with Gasteiger partial charge in [-0.3, -0.25) is 4.79 Å². The van der Waals surface area contributed by atoms with E-state index in [0.717, 1.165) is 5.56 Å². The maximum absolute atomic E-state index is 12.7. The summed E-state index contributed by atoms with van der Waals surface area (Å²) in [4.78, 5) is 11.8. The molecule has 3 nitrogen and oxygen atoms in total. The van der Waals surface area contributed by atoms with Crippen molar-refractivity contribution in [2.24, 2.45) is 0 Å². The third-order valence-corrected chi connectivity index (χ3v) is 4.02. The number of nitrogens with one attached hydrogen (secondary N) is 1. The van der Waals surface area contributed by atoms with Crippen LogP contribution in [0.15, 0.2) is 42.5 Å². The van der Waals surface area contributed by atoms with Crippen molar-refractivity contribution in [1.82, 2.24) is 5.32 Å². The highest BCUT2D eigenvalue weighted by atomic mass is 35.5. The lowest BCUT2D eigenvalue weighted by Gasteiger charge is -2.08. The first-order valence-electron chi connectivity index (χ1n) is 7.14. The third-order valence-electron chi connectivity index (χ3n) is 3.16. The first kappa shape index (κ1) is 17.6. The number of hydrogen-bond donors (Lipinski definition) is 1. The lowest BCUT2D eigenvalue weighted by molar-refractivity contribution is -0.121. The fourth-order valence-corrected chi connectivity index (χ4v) is 2.38. The topological polar surface area (TPSA) is 38.3 Å². The van der Waals surface area contributed by atoms with Crippen molar-refractivity contribution in [3.8, 4) is 5.75 Å². The van der Waals surface area contributed by atoms with Crippen LogP contribution in [0.3, 0.4) is 0 Å². The minimum atomic E-state index is -0.315. The van der Waals surface area contributed by atoms with Crippen LogP contribution in [0.1, 0.15) is 12.0 Å². The van der Waals surface area contributed by atoms with Gasteiger partial charge in [-0.15, -0.1) is 0 Å². The number of carbonyl (C=O) groups excluding carboxylic acids is 1. The van der Waals surface area contributed by atoms with E-state index >= 15 is 0 Å². The van der Waals surface area contributed by atoms with Crippen LogP contribution in [0, 0.1) is 5.82 Å². The van der Waals surface area contributed by atoms with E-state index in [1.165, 1.54) is 24.3 Å². The van der Waals surface area contributed by atoms with Gasteiger partial charge >= 0.3 is 0 Å². The number of amides is 1. The first-order valence-corrected chi connectivity index (χ1v) is 7.90. The van der Waals surface area contributed by atoms with Crippen molar-refractivity contribution in [2.75, 3.05) is 13.2 Å². The van der Waals surface area contributed by atoms with Crippen LogP contribution in [0.5, 0.6) is 5.75 Å². The Kier molecular flexibility index (Phi) is 6.68. The second-order valence-electron chi connectivity index (χ2n) is 4.87. The van der Waals surface area contributed by atoms with Crippen molar-refractivity contribution < 1.29 is 13.9 Å². The number of carbonyl (C=O) groups is 1. The van der Waals surface area contributed by atoms with Crippen LogP contribution in [-0.2, 0) is 11.2 Å². The Morgan fingerprint density at radius 2 is 1.87 bits per heavy atom. The Labute approximate surface area is 144 Å². The zero-order chi connectivity index (χ0) is 16.7. The Morgan fingerprint density at radius 3 is 2.61 bits per heavy atom. The molecule has 0 saturated heterocycles. The standard InChI is InChI=1S/C17H16Cl2FNO2/c18-15-3-1-2-12(17(15)19)4-9-16(22)21-10-11-23-14-7-5-13(20)6-8-14/h1-3,5-8H,4,9-11H2,(H,21,22). The van der Waals surface area contributed by atoms with E-state index in [4.69, 9.17) is 27.9 Å². The van der Waals surface area contributed by atoms with E-state index in [9.17, 15) is 9.18 Å². The van der Waals surface area contributed by atoms with Crippen molar-refractivity contribution in [3.63, 3.8) is 0 Å². The summed E-state index contributed by atoms with van der Waals surface area (Å²) in [5, 5.41) is 3.73. The molecule has 2 aromatic carbocycles. The predicted molar refractivity (Wildman–Crippen MR) is 89.7 cm³/mol. The van der Waals surface area contributed by atoms with Crippen LogP contribution >= 0.6 is 23.2 Å². The lowest BCUT2D eigenvalue weighted by atomic mass is 10.1. The van der Waals surface area contributed by atoms with Crippen LogP contribution in [0.25, 0.3) is 0 Å². The van der Waals surface area contributed by atoms with E-state index in [-0.39, 0.29) is 11.7 Å². The molecular formula is C17H16Cl2FNO2. The lowest BCUT2D eigenvalue weighted by Crippen LogP contribution is -2.28. The van der Waals surface area contributed by atoms with E-state index < -0.39 is 0 Å². The monoisotopic (exact) mass is 355 g/mol. The molecule has 0 radical (unpaired) electrons. The summed E-state index contributed by atoms with van der Waals surface area (Å²) in [7, 11) is 0. The van der Waals surface area contributed by atoms with Gasteiger partial charge in [0.1, 0.15) is 18.2 Å². The summed E-state index contributed by atoms with van der Waals surface area (Å²) in [6.45, 7) is 0.689. The molecule has 0 atom stereocenters. The number of aryl methyl sites for hydroxylation is 1. The smallest absolute Gasteiger partial charge is 0.220 e. The molecule has 0 bridgehead atoms. The number of halogens is 3. The molecule has 1 N–H and O–H groups in total. The van der Waals surface area contributed by atoms with Gasteiger partial charge in [0.05, 0.1) is 16.6 Å². The molecule has 0 fully saturated rings. The first-order chi connectivity index (χ1) is 11.1. The third kappa shape index (κ3) is 5.73. The summed E-state index contributed by atoms with van der Waals surface area (Å²) < 4.78 is 18.1. The zero-order valence-electron chi connectivity index (χ0n) is 12.3. The van der Waals surface area contributed by atoms with Crippen LogP contribution in [0.2, 0.25) is 10.0 Å². The Hall–Kier alpha value is -1.78. The predicted octanol–water partition coefficient (Wildman–Crippen LogP) is 4.26. The van der Waals surface area contributed by atoms with Gasteiger partial charge in [-0.2, -0.15) is 0 Å². The molecule has 2 aromatic rings. The fraction of sp³-hybridized carbons (Fsp3) is 0.235. The second-order valence-corrected chi connectivity index (χ2v) is 5.65. The molecule has 0 heterocycles. The van der Waals surface area contributed by atoms with E-state index in [1.807, 2.05) is 6.07 Å². The molecule has 0 aliphatic rings. The number of benzene rings is 2. The highest BCUT2D eigenvalue weighted by molar-refractivity contribution is 6.42. The highest BCUT2D eigenvalue weighted by Crippen LogP contribution is 2.26. The SMILES string of the molecule is O=C(CCc1cccc(Cl)c1Cl)NCCOc1ccc(F)cc1. The molecule has 0 aliphatic heterocycles. The van der Waals surface area contributed by atoms with E-state index in [2.05, 4.69) is 5.32 Å². The molecule has 122 valence electrons. The molecule has 0 aliphatic carbocycles. The molecule has 6 heteroatoms. The van der Waals surface area contributed by atoms with E-state index in [0.29, 0.717) is 41.8 Å². The second kappa shape index (κ2) is 8.75. The summed E-state index contributed by atoms with van der Waals surface area (Å²) in [6, 6.07) is 11.1. The normalized spacial score (nSPS) is 10.4. The molecule has 23 heavy (non-hydrogen) atoms. The van der Waals surface area contributed by atoms with E-state index in [1.54, 1.807) is 12.1 Å². The Bertz CT molecular complexity index is 662. The fourth-order valence-electron chi connectivity index (χ4n) is 1.97. The largest absolute Gasteiger partial charge is 0.492 e. The number of rotatable bonds is 7. The minimum absolute atomic E-state index is 0.0938. The highest BCUT2D eigenvalue weighted by Gasteiger charge is 2.07. The minimum Gasteiger partial charge on any atom is -0.492 e. The number of hydrogen-bond acceptors (Lipinski definition) is 2. The molecule has 2 rings (SSSR count). The summed E-state index contributed by atoms with van der Waals surface area (Å²) in [5.41, 5.74) is 0.844. The zero-order valence-corrected chi connectivity index (χ0v) is 13.8. The Balaban J connectivity index is 1.67. The summed E-state index contributed by atoms with van der Waals surface area (Å²) in [5.74, 6) is 0.153. The van der Waals surface area contributed by atoms with Gasteiger partial charge < -0.3 is 10.1 Å². The molecule has 0 saturated carbocycles. The Morgan fingerprint density at radius 1 is 1.13 bits per heavy atom. The summed E-state index contributed by atoms with van der Waals surface area (Å²) >= 11 is 12.0. The van der Waals surface area contributed by atoms with Gasteiger partial charge in [0, 0.05) is 6.42 Å². The van der Waals surface area contributed by atoms with Crippen LogP contribution in [-0.4, -0.2) is 19.1 Å². The van der Waals surface area contributed by atoms with Crippen molar-refractivity contribution in [1.29, 1.82) is 0 Å². The van der Waals surface area contributed by atoms with Gasteiger partial charge in [-0.05, 0) is 42.3 Å². The number of ether oxygens (including phenoxy) is 1. The van der Waals surface area contributed by atoms with Crippen molar-refractivity contribution in [2.45, 2.75) is 12.8 Å². The molecule has 0 spiro atoms. The molecular weight excluding hydrogens is 340 g/mol. The van der Waals surface area contributed by atoms with Crippen molar-refractivity contribution in [3.05, 3.63) is 63.9 Å². The maximum atomic E-state index is 12.7.